The van der Waals surface area contributed by atoms with Crippen molar-refractivity contribution >= 4 is 0 Å². The van der Waals surface area contributed by atoms with Crippen LogP contribution in [0.3, 0.4) is 0 Å². The second-order valence-corrected chi connectivity index (χ2v) is 4.17. The van der Waals surface area contributed by atoms with E-state index in [1.54, 1.807) is 0 Å². The Morgan fingerprint density at radius 1 is 1.09 bits per heavy atom. The average molecular weight is 153 g/mol. The Balaban J connectivity index is 1.88. The summed E-state index contributed by atoms with van der Waals surface area (Å²) in [5.41, 5.74) is 0. The van der Waals surface area contributed by atoms with Crippen molar-refractivity contribution in [2.45, 2.75) is 31.7 Å². The Bertz CT molecular complexity index is 151. The lowest BCUT2D eigenvalue weighted by molar-refractivity contribution is -0.154. The maximum atomic E-state index is 5.62. The van der Waals surface area contributed by atoms with E-state index in [4.69, 9.17) is 4.84 Å². The van der Waals surface area contributed by atoms with E-state index in [2.05, 4.69) is 5.06 Å². The third kappa shape index (κ3) is 0.798. The van der Waals surface area contributed by atoms with Crippen LogP contribution >= 0.6 is 0 Å². The summed E-state index contributed by atoms with van der Waals surface area (Å²) >= 11 is 0. The third-order valence-electron chi connectivity index (χ3n) is 3.61. The summed E-state index contributed by atoms with van der Waals surface area (Å²) < 4.78 is 0. The number of hydrogen-bond acceptors (Lipinski definition) is 2. The van der Waals surface area contributed by atoms with Crippen molar-refractivity contribution in [2.75, 3.05) is 13.2 Å². The predicted octanol–water partition coefficient (Wildman–Crippen LogP) is 1.42. The molecule has 0 aromatic carbocycles. The first-order chi connectivity index (χ1) is 5.45. The van der Waals surface area contributed by atoms with Crippen molar-refractivity contribution < 1.29 is 4.84 Å². The number of hydrogen-bond donors (Lipinski definition) is 0. The fourth-order valence-electron chi connectivity index (χ4n) is 3.12. The van der Waals surface area contributed by atoms with Gasteiger partial charge < -0.3 is 0 Å². The van der Waals surface area contributed by atoms with Crippen LogP contribution in [-0.4, -0.2) is 24.3 Å². The Morgan fingerprint density at radius 3 is 3.00 bits per heavy atom. The first-order valence-corrected chi connectivity index (χ1v) is 4.85. The monoisotopic (exact) mass is 153 g/mol. The highest BCUT2D eigenvalue weighted by Gasteiger charge is 2.46. The lowest BCUT2D eigenvalue weighted by Gasteiger charge is -2.32. The van der Waals surface area contributed by atoms with E-state index in [9.17, 15) is 0 Å². The van der Waals surface area contributed by atoms with Crippen molar-refractivity contribution in [3.63, 3.8) is 0 Å². The minimum absolute atomic E-state index is 0.823. The molecule has 0 spiro atoms. The van der Waals surface area contributed by atoms with Crippen LogP contribution in [0.4, 0.5) is 0 Å². The summed E-state index contributed by atoms with van der Waals surface area (Å²) in [5, 5.41) is 2.27. The molecule has 0 aromatic heterocycles. The lowest BCUT2D eigenvalue weighted by Crippen LogP contribution is -2.39. The molecule has 62 valence electrons. The van der Waals surface area contributed by atoms with Crippen LogP contribution in [-0.2, 0) is 4.84 Å². The Hall–Kier alpha value is -0.0800. The summed E-state index contributed by atoms with van der Waals surface area (Å²) in [6, 6.07) is 0.823. The van der Waals surface area contributed by atoms with Gasteiger partial charge in [0.25, 0.3) is 0 Å². The summed E-state index contributed by atoms with van der Waals surface area (Å²) in [6.45, 7) is 2.21. The highest BCUT2D eigenvalue weighted by Crippen LogP contribution is 2.44. The fourth-order valence-corrected chi connectivity index (χ4v) is 3.12. The van der Waals surface area contributed by atoms with Gasteiger partial charge in [-0.15, -0.1) is 0 Å². The SMILES string of the molecule is C1C[C@@H]2CC[C@@H]3CON(C1)[C@H]23. The van der Waals surface area contributed by atoms with Gasteiger partial charge in [-0.25, -0.2) is 0 Å². The molecule has 2 heteroatoms. The second-order valence-electron chi connectivity index (χ2n) is 4.17. The molecule has 3 aliphatic rings. The maximum Gasteiger partial charge on any atom is 0.0729 e. The van der Waals surface area contributed by atoms with Gasteiger partial charge in [-0.3, -0.25) is 4.84 Å². The molecule has 2 nitrogen and oxygen atoms in total. The van der Waals surface area contributed by atoms with Crippen LogP contribution in [0.5, 0.6) is 0 Å². The molecule has 0 amide bonds. The van der Waals surface area contributed by atoms with Gasteiger partial charge in [0.2, 0.25) is 0 Å². The van der Waals surface area contributed by atoms with Gasteiger partial charge in [0.1, 0.15) is 0 Å². The van der Waals surface area contributed by atoms with Crippen molar-refractivity contribution in [3.05, 3.63) is 0 Å². The van der Waals surface area contributed by atoms with Crippen LogP contribution < -0.4 is 0 Å². The van der Waals surface area contributed by atoms with Gasteiger partial charge in [0.05, 0.1) is 6.61 Å². The molecular formula is C9H15NO. The fraction of sp³-hybridized carbons (Fsp3) is 1.00. The first kappa shape index (κ1) is 6.44. The number of piperidine rings is 1. The topological polar surface area (TPSA) is 12.5 Å². The maximum absolute atomic E-state index is 5.62. The molecule has 1 aliphatic carbocycles. The van der Waals surface area contributed by atoms with Crippen LogP contribution in [0.2, 0.25) is 0 Å². The highest BCUT2D eigenvalue weighted by atomic mass is 16.7. The average Bonchev–Trinajstić information content (AvgIpc) is 2.60. The quantitative estimate of drug-likeness (QED) is 0.522. The van der Waals surface area contributed by atoms with Crippen molar-refractivity contribution in [2.24, 2.45) is 11.8 Å². The van der Waals surface area contributed by atoms with E-state index in [1.807, 2.05) is 0 Å². The molecule has 3 fully saturated rings. The Labute approximate surface area is 67.5 Å². The standard InChI is InChI=1S/C9H15NO/c1-2-7-3-4-8-6-11-10(5-1)9(7)8/h7-9H,1-6H2/t7-,8-,9-/m1/s1. The molecule has 1 saturated carbocycles. The zero-order valence-corrected chi connectivity index (χ0v) is 6.83. The molecule has 0 aromatic rings. The minimum Gasteiger partial charge on any atom is -0.298 e. The van der Waals surface area contributed by atoms with Gasteiger partial charge >= 0.3 is 0 Å². The van der Waals surface area contributed by atoms with Crippen molar-refractivity contribution in [1.29, 1.82) is 0 Å². The smallest absolute Gasteiger partial charge is 0.0729 e. The van der Waals surface area contributed by atoms with E-state index in [1.165, 1.54) is 32.2 Å². The molecule has 2 aliphatic heterocycles. The highest BCUT2D eigenvalue weighted by molar-refractivity contribution is 4.94. The second kappa shape index (κ2) is 2.20. The molecular weight excluding hydrogens is 138 g/mol. The molecule has 2 heterocycles. The molecule has 0 bridgehead atoms. The van der Waals surface area contributed by atoms with Crippen molar-refractivity contribution in [1.82, 2.24) is 5.06 Å². The molecule has 2 saturated heterocycles. The number of nitrogens with zero attached hydrogens (tertiary/aromatic N) is 1. The molecule has 0 N–H and O–H groups in total. The van der Waals surface area contributed by atoms with Gasteiger partial charge in [-0.1, -0.05) is 0 Å². The number of hydroxylamine groups is 2. The first-order valence-electron chi connectivity index (χ1n) is 4.85. The van der Waals surface area contributed by atoms with E-state index >= 15 is 0 Å². The summed E-state index contributed by atoms with van der Waals surface area (Å²) in [7, 11) is 0. The zero-order valence-electron chi connectivity index (χ0n) is 6.83. The minimum atomic E-state index is 0.823. The van der Waals surface area contributed by atoms with Gasteiger partial charge in [0.15, 0.2) is 0 Å². The summed E-state index contributed by atoms with van der Waals surface area (Å²) in [6.07, 6.45) is 5.70. The van der Waals surface area contributed by atoms with Gasteiger partial charge in [-0.2, -0.15) is 5.06 Å². The summed E-state index contributed by atoms with van der Waals surface area (Å²) in [5.74, 6) is 1.87. The van der Waals surface area contributed by atoms with E-state index in [0.29, 0.717) is 0 Å². The van der Waals surface area contributed by atoms with Gasteiger partial charge in [0, 0.05) is 18.5 Å². The number of rotatable bonds is 0. The van der Waals surface area contributed by atoms with E-state index in [0.717, 1.165) is 24.5 Å². The van der Waals surface area contributed by atoms with Crippen LogP contribution in [0.1, 0.15) is 25.7 Å². The van der Waals surface area contributed by atoms with Crippen LogP contribution in [0, 0.1) is 11.8 Å². The van der Waals surface area contributed by atoms with E-state index in [-0.39, 0.29) is 0 Å². The molecule has 11 heavy (non-hydrogen) atoms. The zero-order chi connectivity index (χ0) is 7.26. The van der Waals surface area contributed by atoms with Crippen LogP contribution in [0.25, 0.3) is 0 Å². The molecule has 3 atom stereocenters. The lowest BCUT2D eigenvalue weighted by atomic mass is 9.91. The predicted molar refractivity (Wildman–Crippen MR) is 41.9 cm³/mol. The molecule has 3 rings (SSSR count). The van der Waals surface area contributed by atoms with Crippen LogP contribution in [0.15, 0.2) is 0 Å². The third-order valence-corrected chi connectivity index (χ3v) is 3.61. The van der Waals surface area contributed by atoms with Crippen molar-refractivity contribution in [3.8, 4) is 0 Å². The normalized spacial score (nSPS) is 49.6. The van der Waals surface area contributed by atoms with E-state index < -0.39 is 0 Å². The largest absolute Gasteiger partial charge is 0.298 e. The summed E-state index contributed by atoms with van der Waals surface area (Å²) in [4.78, 5) is 5.62. The Morgan fingerprint density at radius 2 is 2.00 bits per heavy atom. The molecule has 0 radical (unpaired) electrons. The molecule has 0 unspecified atom stereocenters. The Kier molecular flexibility index (Phi) is 1.29. The van der Waals surface area contributed by atoms with Gasteiger partial charge in [-0.05, 0) is 31.6 Å².